The monoisotopic (exact) mass is 242 g/mol. The van der Waals surface area contributed by atoms with Crippen LogP contribution in [-0.4, -0.2) is 47.7 Å². The van der Waals surface area contributed by atoms with E-state index < -0.39 is 0 Å². The highest BCUT2D eigenvalue weighted by Gasteiger charge is 2.30. The van der Waals surface area contributed by atoms with Gasteiger partial charge in [0.2, 0.25) is 5.91 Å². The first-order valence-electron chi connectivity index (χ1n) is 6.64. The molecule has 100 valence electrons. The van der Waals surface area contributed by atoms with Gasteiger partial charge in [0.1, 0.15) is 0 Å². The van der Waals surface area contributed by atoms with Crippen molar-refractivity contribution in [2.75, 3.05) is 19.6 Å². The Morgan fingerprint density at radius 2 is 2.06 bits per heavy atom. The molecule has 2 N–H and O–H groups in total. The molecule has 1 saturated heterocycles. The highest BCUT2D eigenvalue weighted by molar-refractivity contribution is 5.78. The number of nitrogens with zero attached hydrogens (tertiary/aromatic N) is 1. The minimum Gasteiger partial charge on any atom is -0.393 e. The third kappa shape index (κ3) is 4.28. The van der Waals surface area contributed by atoms with Gasteiger partial charge in [-0.25, -0.2) is 0 Å². The molecule has 0 spiro atoms. The molecule has 1 aliphatic heterocycles. The van der Waals surface area contributed by atoms with E-state index in [-0.39, 0.29) is 29.9 Å². The fourth-order valence-corrected chi connectivity index (χ4v) is 2.31. The van der Waals surface area contributed by atoms with Crippen LogP contribution in [0.4, 0.5) is 0 Å². The van der Waals surface area contributed by atoms with Gasteiger partial charge in [-0.3, -0.25) is 4.79 Å². The van der Waals surface area contributed by atoms with Gasteiger partial charge in [-0.2, -0.15) is 0 Å². The number of carbonyl (C=O) groups is 1. The standard InChI is InChI=1S/C13H26N2O2/c1-5-15-7-11(10(4)16)6-12(8-15)14-13(17)9(2)3/h9-12,16H,5-8H2,1-4H3,(H,14,17). The lowest BCUT2D eigenvalue weighted by molar-refractivity contribution is -0.125. The summed E-state index contributed by atoms with van der Waals surface area (Å²) in [7, 11) is 0. The Balaban J connectivity index is 2.56. The van der Waals surface area contributed by atoms with Crippen molar-refractivity contribution in [3.63, 3.8) is 0 Å². The average molecular weight is 242 g/mol. The number of carbonyl (C=O) groups excluding carboxylic acids is 1. The molecule has 3 atom stereocenters. The fourth-order valence-electron chi connectivity index (χ4n) is 2.31. The first kappa shape index (κ1) is 14.5. The van der Waals surface area contributed by atoms with Crippen molar-refractivity contribution in [2.45, 2.75) is 46.3 Å². The Hall–Kier alpha value is -0.610. The van der Waals surface area contributed by atoms with E-state index in [2.05, 4.69) is 17.1 Å². The maximum atomic E-state index is 11.7. The minimum atomic E-state index is -0.303. The van der Waals surface area contributed by atoms with E-state index >= 15 is 0 Å². The Kier molecular flexibility index (Phi) is 5.40. The topological polar surface area (TPSA) is 52.6 Å². The summed E-state index contributed by atoms with van der Waals surface area (Å²) in [4.78, 5) is 14.0. The molecule has 0 radical (unpaired) electrons. The van der Waals surface area contributed by atoms with Crippen molar-refractivity contribution in [1.82, 2.24) is 10.2 Å². The number of likely N-dealkylation sites (tertiary alicyclic amines) is 1. The summed E-state index contributed by atoms with van der Waals surface area (Å²) < 4.78 is 0. The number of hydrogen-bond acceptors (Lipinski definition) is 3. The molecule has 1 fully saturated rings. The maximum absolute atomic E-state index is 11.7. The highest BCUT2D eigenvalue weighted by atomic mass is 16.3. The van der Waals surface area contributed by atoms with Crippen molar-refractivity contribution in [3.8, 4) is 0 Å². The van der Waals surface area contributed by atoms with Gasteiger partial charge in [0.25, 0.3) is 0 Å². The van der Waals surface area contributed by atoms with Gasteiger partial charge < -0.3 is 15.3 Å². The lowest BCUT2D eigenvalue weighted by Gasteiger charge is -2.39. The Morgan fingerprint density at radius 3 is 2.53 bits per heavy atom. The molecule has 1 heterocycles. The quantitative estimate of drug-likeness (QED) is 0.768. The molecule has 17 heavy (non-hydrogen) atoms. The molecule has 4 nitrogen and oxygen atoms in total. The van der Waals surface area contributed by atoms with Crippen molar-refractivity contribution < 1.29 is 9.90 Å². The summed E-state index contributed by atoms with van der Waals surface area (Å²) in [5.41, 5.74) is 0. The molecule has 1 rings (SSSR count). The number of nitrogens with one attached hydrogen (secondary N) is 1. The lowest BCUT2D eigenvalue weighted by Crippen LogP contribution is -2.53. The number of aliphatic hydroxyl groups is 1. The summed E-state index contributed by atoms with van der Waals surface area (Å²) in [6.45, 7) is 10.6. The SMILES string of the molecule is CCN1CC(NC(=O)C(C)C)CC(C(C)O)C1. The summed E-state index contributed by atoms with van der Waals surface area (Å²) in [6.07, 6.45) is 0.579. The van der Waals surface area contributed by atoms with Crippen molar-refractivity contribution in [3.05, 3.63) is 0 Å². The van der Waals surface area contributed by atoms with E-state index in [1.165, 1.54) is 0 Å². The molecule has 4 heteroatoms. The molecule has 0 bridgehead atoms. The second-order valence-corrected chi connectivity index (χ2v) is 5.45. The summed E-state index contributed by atoms with van der Waals surface area (Å²) >= 11 is 0. The molecule has 0 aliphatic carbocycles. The summed E-state index contributed by atoms with van der Waals surface area (Å²) in [6, 6.07) is 0.179. The number of likely N-dealkylation sites (N-methyl/N-ethyl adjacent to an activating group) is 1. The maximum Gasteiger partial charge on any atom is 0.222 e. The molecule has 0 aromatic heterocycles. The second kappa shape index (κ2) is 6.36. The van der Waals surface area contributed by atoms with Crippen LogP contribution in [0.3, 0.4) is 0 Å². The molecular weight excluding hydrogens is 216 g/mol. The molecule has 1 amide bonds. The van der Waals surface area contributed by atoms with E-state index in [1.54, 1.807) is 0 Å². The fraction of sp³-hybridized carbons (Fsp3) is 0.923. The van der Waals surface area contributed by atoms with Crippen molar-refractivity contribution in [1.29, 1.82) is 0 Å². The Morgan fingerprint density at radius 1 is 1.41 bits per heavy atom. The molecule has 3 unspecified atom stereocenters. The van der Waals surface area contributed by atoms with Gasteiger partial charge in [0.15, 0.2) is 0 Å². The molecule has 0 aromatic carbocycles. The predicted octanol–water partition coefficient (Wildman–Crippen LogP) is 0.850. The first-order chi connectivity index (χ1) is 7.93. The van der Waals surface area contributed by atoms with Crippen molar-refractivity contribution >= 4 is 5.91 Å². The Labute approximate surface area is 104 Å². The van der Waals surface area contributed by atoms with E-state index in [9.17, 15) is 9.90 Å². The third-order valence-electron chi connectivity index (χ3n) is 3.56. The van der Waals surface area contributed by atoms with Gasteiger partial charge in [-0.1, -0.05) is 20.8 Å². The smallest absolute Gasteiger partial charge is 0.222 e. The van der Waals surface area contributed by atoms with Crippen LogP contribution in [0.2, 0.25) is 0 Å². The van der Waals surface area contributed by atoms with Crippen LogP contribution in [0.25, 0.3) is 0 Å². The van der Waals surface area contributed by atoms with Crippen molar-refractivity contribution in [2.24, 2.45) is 11.8 Å². The van der Waals surface area contributed by atoms with Gasteiger partial charge in [-0.15, -0.1) is 0 Å². The summed E-state index contributed by atoms with van der Waals surface area (Å²) in [5, 5.41) is 12.8. The van der Waals surface area contributed by atoms with Crippen LogP contribution in [0.1, 0.15) is 34.1 Å². The molecule has 0 aromatic rings. The van der Waals surface area contributed by atoms with Crippen LogP contribution < -0.4 is 5.32 Å². The highest BCUT2D eigenvalue weighted by Crippen LogP contribution is 2.20. The molecular formula is C13H26N2O2. The predicted molar refractivity (Wildman–Crippen MR) is 68.7 cm³/mol. The second-order valence-electron chi connectivity index (χ2n) is 5.45. The lowest BCUT2D eigenvalue weighted by atomic mass is 9.90. The van der Waals surface area contributed by atoms with Crippen LogP contribution in [0.15, 0.2) is 0 Å². The zero-order valence-electron chi connectivity index (χ0n) is 11.4. The number of amides is 1. The van der Waals surface area contributed by atoms with Crippen LogP contribution >= 0.6 is 0 Å². The van der Waals surface area contributed by atoms with E-state index in [4.69, 9.17) is 0 Å². The molecule has 0 saturated carbocycles. The summed E-state index contributed by atoms with van der Waals surface area (Å²) in [5.74, 6) is 0.399. The van der Waals surface area contributed by atoms with Crippen LogP contribution in [0, 0.1) is 11.8 Å². The van der Waals surface area contributed by atoms with Gasteiger partial charge in [-0.05, 0) is 25.8 Å². The Bertz CT molecular complexity index is 254. The van der Waals surface area contributed by atoms with E-state index in [0.29, 0.717) is 0 Å². The largest absolute Gasteiger partial charge is 0.393 e. The number of rotatable bonds is 4. The number of aliphatic hydroxyl groups excluding tert-OH is 1. The zero-order chi connectivity index (χ0) is 13.0. The van der Waals surface area contributed by atoms with Gasteiger partial charge in [0, 0.05) is 25.0 Å². The normalized spacial score (nSPS) is 28.1. The number of piperidine rings is 1. The average Bonchev–Trinajstić information content (AvgIpc) is 2.28. The van der Waals surface area contributed by atoms with Gasteiger partial charge >= 0.3 is 0 Å². The zero-order valence-corrected chi connectivity index (χ0v) is 11.4. The third-order valence-corrected chi connectivity index (χ3v) is 3.56. The number of hydrogen-bond donors (Lipinski definition) is 2. The molecule has 1 aliphatic rings. The minimum absolute atomic E-state index is 0.0250. The first-order valence-corrected chi connectivity index (χ1v) is 6.64. The van der Waals surface area contributed by atoms with Crippen LogP contribution in [-0.2, 0) is 4.79 Å². The van der Waals surface area contributed by atoms with Crippen LogP contribution in [0.5, 0.6) is 0 Å². The van der Waals surface area contributed by atoms with Gasteiger partial charge in [0.05, 0.1) is 6.10 Å². The van der Waals surface area contributed by atoms with E-state index in [1.807, 2.05) is 20.8 Å². The van der Waals surface area contributed by atoms with E-state index in [0.717, 1.165) is 26.1 Å².